The van der Waals surface area contributed by atoms with Gasteiger partial charge in [0.25, 0.3) is 0 Å². The Balaban J connectivity index is 1.72. The summed E-state index contributed by atoms with van der Waals surface area (Å²) in [5.41, 5.74) is 3.85. The molecule has 0 radical (unpaired) electrons. The summed E-state index contributed by atoms with van der Waals surface area (Å²) < 4.78 is 2.29. The summed E-state index contributed by atoms with van der Waals surface area (Å²) in [4.78, 5) is 0.821. The van der Waals surface area contributed by atoms with Crippen LogP contribution >= 0.6 is 11.9 Å². The molecular formula is C20H17NO2S. The molecule has 2 N–H and O–H groups in total. The lowest BCUT2D eigenvalue weighted by Crippen LogP contribution is -2.15. The summed E-state index contributed by atoms with van der Waals surface area (Å²) in [6, 6.07) is 23.7. The molecule has 1 aliphatic heterocycles. The molecule has 1 unspecified atom stereocenters. The van der Waals surface area contributed by atoms with Crippen molar-refractivity contribution in [2.24, 2.45) is 0 Å². The van der Waals surface area contributed by atoms with Crippen molar-refractivity contribution in [3.8, 4) is 11.5 Å². The van der Waals surface area contributed by atoms with Crippen molar-refractivity contribution >= 4 is 11.9 Å². The van der Waals surface area contributed by atoms with Gasteiger partial charge in [0.05, 0.1) is 6.04 Å². The van der Waals surface area contributed by atoms with Crippen LogP contribution in [0.5, 0.6) is 11.5 Å². The van der Waals surface area contributed by atoms with Crippen LogP contribution in [0.15, 0.2) is 77.7 Å². The third kappa shape index (κ3) is 2.86. The lowest BCUT2D eigenvalue weighted by molar-refractivity contribution is 0.438. The second-order valence-corrected chi connectivity index (χ2v) is 6.99. The first-order valence-corrected chi connectivity index (χ1v) is 8.58. The SMILES string of the molecule is Oc1cc(O)cc(SN2Cc3ccccc3C2c2ccccc2)c1. The first kappa shape index (κ1) is 15.1. The molecular weight excluding hydrogens is 318 g/mol. The van der Waals surface area contributed by atoms with E-state index in [1.807, 2.05) is 6.07 Å². The number of fused-ring (bicyclic) bond motifs is 1. The van der Waals surface area contributed by atoms with Gasteiger partial charge >= 0.3 is 0 Å². The summed E-state index contributed by atoms with van der Waals surface area (Å²) in [7, 11) is 0. The molecule has 0 fully saturated rings. The van der Waals surface area contributed by atoms with Crippen LogP contribution < -0.4 is 0 Å². The van der Waals surface area contributed by atoms with E-state index in [-0.39, 0.29) is 17.5 Å². The number of hydrogen-bond acceptors (Lipinski definition) is 4. The fraction of sp³-hybridized carbons (Fsp3) is 0.100. The minimum Gasteiger partial charge on any atom is -0.508 e. The van der Waals surface area contributed by atoms with Crippen molar-refractivity contribution < 1.29 is 10.2 Å². The second kappa shape index (κ2) is 6.23. The van der Waals surface area contributed by atoms with Gasteiger partial charge in [0, 0.05) is 17.5 Å². The number of rotatable bonds is 3. The van der Waals surface area contributed by atoms with Crippen molar-refractivity contribution in [1.82, 2.24) is 4.31 Å². The van der Waals surface area contributed by atoms with Crippen molar-refractivity contribution in [1.29, 1.82) is 0 Å². The van der Waals surface area contributed by atoms with E-state index < -0.39 is 0 Å². The Morgan fingerprint density at radius 3 is 2.25 bits per heavy atom. The molecule has 0 saturated carbocycles. The third-order valence-corrected chi connectivity index (χ3v) is 5.20. The predicted octanol–water partition coefficient (Wildman–Crippen LogP) is 4.71. The number of phenols is 2. The average molecular weight is 335 g/mol. The van der Waals surface area contributed by atoms with Gasteiger partial charge in [-0.3, -0.25) is 0 Å². The highest BCUT2D eigenvalue weighted by Crippen LogP contribution is 2.45. The molecule has 3 aromatic carbocycles. The van der Waals surface area contributed by atoms with Crippen molar-refractivity contribution in [2.45, 2.75) is 17.5 Å². The number of aromatic hydroxyl groups is 2. The standard InChI is InChI=1S/C20H17NO2S/c22-16-10-17(23)12-18(11-16)24-21-13-15-8-4-5-9-19(15)20(21)14-6-2-1-3-7-14/h1-12,20,22-23H,13H2. The van der Waals surface area contributed by atoms with Crippen LogP contribution in [0.25, 0.3) is 0 Å². The van der Waals surface area contributed by atoms with Crippen LogP contribution in [-0.2, 0) is 6.54 Å². The van der Waals surface area contributed by atoms with Crippen molar-refractivity contribution in [3.05, 3.63) is 89.5 Å². The number of benzene rings is 3. The van der Waals surface area contributed by atoms with Gasteiger partial charge in [-0.1, -0.05) is 54.6 Å². The normalized spacial score (nSPS) is 16.9. The van der Waals surface area contributed by atoms with E-state index in [1.165, 1.54) is 22.8 Å². The van der Waals surface area contributed by atoms with Gasteiger partial charge in [-0.2, -0.15) is 0 Å². The molecule has 1 atom stereocenters. The molecule has 3 aromatic rings. The highest BCUT2D eigenvalue weighted by Gasteiger charge is 2.32. The number of nitrogens with zero attached hydrogens (tertiary/aromatic N) is 1. The largest absolute Gasteiger partial charge is 0.508 e. The van der Waals surface area contributed by atoms with Gasteiger partial charge < -0.3 is 10.2 Å². The minimum atomic E-state index is 0.0745. The fourth-order valence-electron chi connectivity index (χ4n) is 3.18. The van der Waals surface area contributed by atoms with Crippen LogP contribution in [-0.4, -0.2) is 14.5 Å². The third-order valence-electron chi connectivity index (χ3n) is 4.18. The van der Waals surface area contributed by atoms with Crippen LogP contribution in [0.4, 0.5) is 0 Å². The lowest BCUT2D eigenvalue weighted by atomic mass is 9.99. The number of phenolic OH excluding ortho intramolecular Hbond substituents is 2. The molecule has 4 rings (SSSR count). The Bertz CT molecular complexity index is 846. The highest BCUT2D eigenvalue weighted by molar-refractivity contribution is 7.97. The van der Waals surface area contributed by atoms with Crippen LogP contribution in [0.1, 0.15) is 22.7 Å². The lowest BCUT2D eigenvalue weighted by Gasteiger charge is -2.24. The summed E-state index contributed by atoms with van der Waals surface area (Å²) >= 11 is 1.55. The fourth-order valence-corrected chi connectivity index (χ4v) is 4.34. The predicted molar refractivity (Wildman–Crippen MR) is 95.9 cm³/mol. The summed E-state index contributed by atoms with van der Waals surface area (Å²) in [5, 5.41) is 19.5. The molecule has 120 valence electrons. The topological polar surface area (TPSA) is 43.7 Å². The second-order valence-electron chi connectivity index (χ2n) is 5.86. The van der Waals surface area contributed by atoms with Crippen molar-refractivity contribution in [2.75, 3.05) is 0 Å². The van der Waals surface area contributed by atoms with E-state index >= 15 is 0 Å². The molecule has 24 heavy (non-hydrogen) atoms. The molecule has 4 heteroatoms. The maximum absolute atomic E-state index is 9.73. The monoisotopic (exact) mass is 335 g/mol. The van der Waals surface area contributed by atoms with Gasteiger partial charge in [0.1, 0.15) is 11.5 Å². The maximum atomic E-state index is 9.73. The first-order chi connectivity index (χ1) is 11.7. The average Bonchev–Trinajstić information content (AvgIpc) is 2.92. The molecule has 0 aliphatic carbocycles. The van der Waals surface area contributed by atoms with E-state index in [0.717, 1.165) is 11.4 Å². The minimum absolute atomic E-state index is 0.0745. The van der Waals surface area contributed by atoms with Crippen LogP contribution in [0, 0.1) is 0 Å². The van der Waals surface area contributed by atoms with Gasteiger partial charge in [0.15, 0.2) is 0 Å². The highest BCUT2D eigenvalue weighted by atomic mass is 32.2. The summed E-state index contributed by atoms with van der Waals surface area (Å²) in [5.74, 6) is 0.149. The zero-order chi connectivity index (χ0) is 16.5. The first-order valence-electron chi connectivity index (χ1n) is 7.81. The Kier molecular flexibility index (Phi) is 3.92. The Morgan fingerprint density at radius 1 is 0.833 bits per heavy atom. The summed E-state index contributed by atoms with van der Waals surface area (Å²) in [6.45, 7) is 0.816. The van der Waals surface area contributed by atoms with E-state index in [4.69, 9.17) is 0 Å². The van der Waals surface area contributed by atoms with E-state index in [1.54, 1.807) is 24.1 Å². The maximum Gasteiger partial charge on any atom is 0.120 e. The van der Waals surface area contributed by atoms with E-state index in [9.17, 15) is 10.2 Å². The van der Waals surface area contributed by atoms with Crippen LogP contribution in [0.3, 0.4) is 0 Å². The molecule has 0 spiro atoms. The van der Waals surface area contributed by atoms with Crippen LogP contribution in [0.2, 0.25) is 0 Å². The molecule has 1 heterocycles. The van der Waals surface area contributed by atoms with Crippen molar-refractivity contribution in [3.63, 3.8) is 0 Å². The Labute approximate surface area is 145 Å². The number of hydrogen-bond donors (Lipinski definition) is 2. The molecule has 3 nitrogen and oxygen atoms in total. The van der Waals surface area contributed by atoms with E-state index in [2.05, 4.69) is 52.8 Å². The van der Waals surface area contributed by atoms with Gasteiger partial charge in [-0.15, -0.1) is 0 Å². The molecule has 0 bridgehead atoms. The van der Waals surface area contributed by atoms with Gasteiger partial charge in [0.2, 0.25) is 0 Å². The Morgan fingerprint density at radius 2 is 1.50 bits per heavy atom. The molecule has 0 saturated heterocycles. The quantitative estimate of drug-likeness (QED) is 0.680. The molecule has 0 aromatic heterocycles. The Hall–Kier alpha value is -2.43. The zero-order valence-corrected chi connectivity index (χ0v) is 13.8. The van der Waals surface area contributed by atoms with E-state index in [0.29, 0.717) is 0 Å². The molecule has 1 aliphatic rings. The van der Waals surface area contributed by atoms with Gasteiger partial charge in [-0.25, -0.2) is 4.31 Å². The smallest absolute Gasteiger partial charge is 0.120 e. The summed E-state index contributed by atoms with van der Waals surface area (Å²) in [6.07, 6.45) is 0. The zero-order valence-electron chi connectivity index (χ0n) is 13.0. The molecule has 0 amide bonds. The van der Waals surface area contributed by atoms with Gasteiger partial charge in [-0.05, 0) is 40.8 Å².